The fourth-order valence-corrected chi connectivity index (χ4v) is 1.31. The Morgan fingerprint density at radius 2 is 1.79 bits per heavy atom. The van der Waals surface area contributed by atoms with Crippen LogP contribution in [0, 0.1) is 0 Å². The quantitative estimate of drug-likeness (QED) is 0.601. The van der Waals surface area contributed by atoms with Crippen molar-refractivity contribution in [3.63, 3.8) is 0 Å². The van der Waals surface area contributed by atoms with Crippen LogP contribution in [-0.2, 0) is 4.79 Å². The van der Waals surface area contributed by atoms with Crippen LogP contribution in [0.2, 0.25) is 0 Å². The number of amides is 4. The second-order valence-electron chi connectivity index (χ2n) is 3.70. The van der Waals surface area contributed by atoms with E-state index in [0.717, 1.165) is 0 Å². The van der Waals surface area contributed by atoms with Gasteiger partial charge >= 0.3 is 6.03 Å². The van der Waals surface area contributed by atoms with Crippen LogP contribution < -0.4 is 21.7 Å². The number of imide groups is 1. The summed E-state index contributed by atoms with van der Waals surface area (Å²) < 4.78 is 0. The van der Waals surface area contributed by atoms with Crippen molar-refractivity contribution >= 4 is 23.5 Å². The zero-order chi connectivity index (χ0) is 14.3. The molecule has 1 aromatic rings. The molecule has 0 aliphatic heterocycles. The molecule has 102 valence electrons. The van der Waals surface area contributed by atoms with Crippen molar-refractivity contribution in [1.29, 1.82) is 0 Å². The number of carbonyl (C=O) groups excluding carboxylic acids is 3. The van der Waals surface area contributed by atoms with Crippen LogP contribution in [0.4, 0.5) is 10.5 Å². The fourth-order valence-electron chi connectivity index (χ4n) is 1.31. The van der Waals surface area contributed by atoms with E-state index in [1.165, 1.54) is 0 Å². The molecular formula is C12H16N4O3. The molecule has 0 spiro atoms. The van der Waals surface area contributed by atoms with Gasteiger partial charge in [-0.1, -0.05) is 0 Å². The summed E-state index contributed by atoms with van der Waals surface area (Å²) >= 11 is 0. The van der Waals surface area contributed by atoms with Gasteiger partial charge in [-0.05, 0) is 31.2 Å². The number of anilines is 1. The zero-order valence-corrected chi connectivity index (χ0v) is 10.5. The van der Waals surface area contributed by atoms with E-state index in [0.29, 0.717) is 17.8 Å². The molecule has 19 heavy (non-hydrogen) atoms. The van der Waals surface area contributed by atoms with Gasteiger partial charge in [0.05, 0.1) is 6.54 Å². The molecule has 7 heteroatoms. The Balaban J connectivity index is 2.42. The zero-order valence-electron chi connectivity index (χ0n) is 10.5. The van der Waals surface area contributed by atoms with Gasteiger partial charge in [0.15, 0.2) is 0 Å². The summed E-state index contributed by atoms with van der Waals surface area (Å²) in [5, 5.41) is 7.41. The molecule has 0 heterocycles. The third-order valence-corrected chi connectivity index (χ3v) is 2.21. The summed E-state index contributed by atoms with van der Waals surface area (Å²) in [6.07, 6.45) is 0. The second kappa shape index (κ2) is 7.00. The highest BCUT2D eigenvalue weighted by Crippen LogP contribution is 2.08. The van der Waals surface area contributed by atoms with Crippen LogP contribution in [0.1, 0.15) is 17.3 Å². The van der Waals surface area contributed by atoms with Crippen molar-refractivity contribution in [2.75, 3.05) is 18.4 Å². The van der Waals surface area contributed by atoms with Crippen molar-refractivity contribution in [3.8, 4) is 0 Å². The maximum atomic E-state index is 11.4. The Bertz CT molecular complexity index is 470. The predicted octanol–water partition coefficient (Wildman–Crippen LogP) is 0.0431. The Morgan fingerprint density at radius 3 is 2.32 bits per heavy atom. The number of urea groups is 1. The lowest BCUT2D eigenvalue weighted by molar-refractivity contribution is -0.118. The van der Waals surface area contributed by atoms with Crippen LogP contribution >= 0.6 is 0 Å². The summed E-state index contributed by atoms with van der Waals surface area (Å²) in [5.41, 5.74) is 6.14. The molecule has 0 bridgehead atoms. The maximum absolute atomic E-state index is 11.4. The molecule has 5 N–H and O–H groups in total. The predicted molar refractivity (Wildman–Crippen MR) is 70.7 cm³/mol. The molecular weight excluding hydrogens is 248 g/mol. The molecule has 0 radical (unpaired) electrons. The van der Waals surface area contributed by atoms with Gasteiger partial charge in [-0.25, -0.2) is 4.79 Å². The smallest absolute Gasteiger partial charge is 0.321 e. The fraction of sp³-hybridized carbons (Fsp3) is 0.250. The highest BCUT2D eigenvalue weighted by Gasteiger charge is 2.06. The molecule has 0 saturated carbocycles. The van der Waals surface area contributed by atoms with E-state index in [1.54, 1.807) is 31.2 Å². The number of benzene rings is 1. The first-order valence-electron chi connectivity index (χ1n) is 5.74. The van der Waals surface area contributed by atoms with E-state index in [-0.39, 0.29) is 6.54 Å². The van der Waals surface area contributed by atoms with Gasteiger partial charge in [0, 0.05) is 17.8 Å². The molecule has 0 atom stereocenters. The number of primary amides is 1. The minimum atomic E-state index is -0.529. The third kappa shape index (κ3) is 5.07. The van der Waals surface area contributed by atoms with Crippen molar-refractivity contribution in [1.82, 2.24) is 10.6 Å². The first-order chi connectivity index (χ1) is 9.02. The lowest BCUT2D eigenvalue weighted by Crippen LogP contribution is -2.41. The molecule has 0 saturated heterocycles. The van der Waals surface area contributed by atoms with E-state index in [2.05, 4.69) is 16.0 Å². The van der Waals surface area contributed by atoms with Gasteiger partial charge in [0.1, 0.15) is 0 Å². The molecule has 1 aromatic carbocycles. The Hall–Kier alpha value is -2.57. The normalized spacial score (nSPS) is 9.53. The number of hydrogen-bond acceptors (Lipinski definition) is 4. The van der Waals surface area contributed by atoms with Crippen molar-refractivity contribution in [3.05, 3.63) is 29.8 Å². The number of carbonyl (C=O) groups is 3. The molecule has 0 aliphatic rings. The van der Waals surface area contributed by atoms with Crippen molar-refractivity contribution < 1.29 is 14.4 Å². The molecule has 0 fully saturated rings. The summed E-state index contributed by atoms with van der Waals surface area (Å²) in [6.45, 7) is 2.15. The molecule has 0 unspecified atom stereocenters. The topological polar surface area (TPSA) is 113 Å². The Kier molecular flexibility index (Phi) is 5.34. The van der Waals surface area contributed by atoms with Gasteiger partial charge in [0.25, 0.3) is 0 Å². The first-order valence-corrected chi connectivity index (χ1v) is 5.74. The summed E-state index contributed by atoms with van der Waals surface area (Å²) in [7, 11) is 0. The van der Waals surface area contributed by atoms with Crippen LogP contribution in [0.15, 0.2) is 24.3 Å². The highest BCUT2D eigenvalue weighted by atomic mass is 16.2. The second-order valence-corrected chi connectivity index (χ2v) is 3.70. The van der Waals surface area contributed by atoms with Gasteiger partial charge in [-0.2, -0.15) is 0 Å². The van der Waals surface area contributed by atoms with Crippen molar-refractivity contribution in [2.45, 2.75) is 6.92 Å². The van der Waals surface area contributed by atoms with Gasteiger partial charge in [-0.15, -0.1) is 0 Å². The van der Waals surface area contributed by atoms with Crippen molar-refractivity contribution in [2.24, 2.45) is 5.73 Å². The Morgan fingerprint density at radius 1 is 1.16 bits per heavy atom. The molecule has 7 nitrogen and oxygen atoms in total. The van der Waals surface area contributed by atoms with Gasteiger partial charge in [-0.3, -0.25) is 14.9 Å². The molecule has 1 rings (SSSR count). The molecule has 4 amide bonds. The van der Waals surface area contributed by atoms with Gasteiger partial charge < -0.3 is 16.4 Å². The first kappa shape index (κ1) is 14.5. The maximum Gasteiger partial charge on any atom is 0.321 e. The molecule has 0 aliphatic carbocycles. The van der Waals surface area contributed by atoms with E-state index in [4.69, 9.17) is 5.73 Å². The van der Waals surface area contributed by atoms with Crippen LogP contribution in [0.5, 0.6) is 0 Å². The Labute approximate surface area is 110 Å². The number of nitrogens with one attached hydrogen (secondary N) is 3. The average molecular weight is 264 g/mol. The van der Waals surface area contributed by atoms with Crippen LogP contribution in [-0.4, -0.2) is 30.9 Å². The lowest BCUT2D eigenvalue weighted by Gasteiger charge is -2.07. The largest absolute Gasteiger partial charge is 0.376 e. The molecule has 0 aromatic heterocycles. The summed E-state index contributed by atoms with van der Waals surface area (Å²) in [4.78, 5) is 33.3. The number of nitrogens with two attached hydrogens (primary N) is 1. The van der Waals surface area contributed by atoms with E-state index < -0.39 is 17.8 Å². The van der Waals surface area contributed by atoms with Crippen LogP contribution in [0.25, 0.3) is 0 Å². The SMILES string of the molecule is CCNC(=O)NC(=O)CNc1ccc(C(N)=O)cc1. The van der Waals surface area contributed by atoms with Gasteiger partial charge in [0.2, 0.25) is 11.8 Å². The average Bonchev–Trinajstić information content (AvgIpc) is 2.37. The third-order valence-electron chi connectivity index (χ3n) is 2.21. The number of rotatable bonds is 5. The number of hydrogen-bond donors (Lipinski definition) is 4. The minimum Gasteiger partial charge on any atom is -0.376 e. The minimum absolute atomic E-state index is 0.0486. The van der Waals surface area contributed by atoms with E-state index in [9.17, 15) is 14.4 Å². The highest BCUT2D eigenvalue weighted by molar-refractivity contribution is 5.96. The van der Waals surface area contributed by atoms with E-state index in [1.807, 2.05) is 0 Å². The summed E-state index contributed by atoms with van der Waals surface area (Å²) in [6, 6.07) is 5.82. The standard InChI is InChI=1S/C12H16N4O3/c1-2-14-12(19)16-10(17)7-15-9-5-3-8(4-6-9)11(13)18/h3-6,15H,2,7H2,1H3,(H2,13,18)(H2,14,16,17,19). The lowest BCUT2D eigenvalue weighted by atomic mass is 10.2. The monoisotopic (exact) mass is 264 g/mol. The van der Waals surface area contributed by atoms with E-state index >= 15 is 0 Å². The summed E-state index contributed by atoms with van der Waals surface area (Å²) in [5.74, 6) is -0.967. The van der Waals surface area contributed by atoms with Crippen LogP contribution in [0.3, 0.4) is 0 Å².